The van der Waals surface area contributed by atoms with Crippen molar-refractivity contribution in [3.8, 4) is 5.75 Å². The molecule has 0 saturated carbocycles. The summed E-state index contributed by atoms with van der Waals surface area (Å²) in [7, 11) is 1.38. The first kappa shape index (κ1) is 13.1. The average molecular weight is 268 g/mol. The van der Waals surface area contributed by atoms with E-state index in [1.54, 1.807) is 0 Å². The molecule has 0 aliphatic carbocycles. The predicted molar refractivity (Wildman–Crippen MR) is 67.0 cm³/mol. The van der Waals surface area contributed by atoms with Crippen molar-refractivity contribution >= 4 is 17.1 Å². The van der Waals surface area contributed by atoms with Gasteiger partial charge in [0.15, 0.2) is 0 Å². The highest BCUT2D eigenvalue weighted by molar-refractivity contribution is 5.67. The third-order valence-corrected chi connectivity index (χ3v) is 2.46. The Hall–Kier alpha value is -2.37. The van der Waals surface area contributed by atoms with Gasteiger partial charge in [-0.1, -0.05) is 0 Å². The summed E-state index contributed by atoms with van der Waals surface area (Å²) >= 11 is 0. The molecule has 3 nitrogen and oxygen atoms in total. The predicted octanol–water partition coefficient (Wildman–Crippen LogP) is 3.44. The molecule has 2 aromatic carbocycles. The first-order valence-electron chi connectivity index (χ1n) is 5.35. The van der Waals surface area contributed by atoms with Gasteiger partial charge in [-0.3, -0.25) is 0 Å². The van der Waals surface area contributed by atoms with Crippen molar-refractivity contribution in [3.05, 3.63) is 47.8 Å². The Bertz CT molecular complexity index is 597. The van der Waals surface area contributed by atoms with E-state index >= 15 is 0 Å². The summed E-state index contributed by atoms with van der Waals surface area (Å²) in [6, 6.07) is 5.20. The summed E-state index contributed by atoms with van der Waals surface area (Å²) < 4.78 is 44.7. The molecule has 0 saturated heterocycles. The van der Waals surface area contributed by atoms with Crippen LogP contribution in [0.4, 0.5) is 30.2 Å². The monoisotopic (exact) mass is 268 g/mol. The molecule has 0 unspecified atom stereocenters. The van der Waals surface area contributed by atoms with Gasteiger partial charge in [-0.05, 0) is 12.1 Å². The zero-order chi connectivity index (χ0) is 14.0. The topological polar surface area (TPSA) is 47.3 Å². The average Bonchev–Trinajstić information content (AvgIpc) is 2.31. The molecule has 100 valence electrons. The summed E-state index contributed by atoms with van der Waals surface area (Å²) in [6.07, 6.45) is 0. The van der Waals surface area contributed by atoms with E-state index < -0.39 is 17.5 Å². The van der Waals surface area contributed by atoms with E-state index in [1.165, 1.54) is 13.2 Å². The molecule has 19 heavy (non-hydrogen) atoms. The smallest absolute Gasteiger partial charge is 0.148 e. The van der Waals surface area contributed by atoms with Crippen molar-refractivity contribution in [2.45, 2.75) is 0 Å². The maximum atomic E-state index is 13.7. The molecule has 0 fully saturated rings. The fraction of sp³-hybridized carbons (Fsp3) is 0.0769. The van der Waals surface area contributed by atoms with Crippen molar-refractivity contribution < 1.29 is 17.9 Å². The van der Waals surface area contributed by atoms with E-state index in [0.717, 1.165) is 24.3 Å². The van der Waals surface area contributed by atoms with Crippen LogP contribution in [0.15, 0.2) is 30.3 Å². The molecule has 0 heterocycles. The van der Waals surface area contributed by atoms with Gasteiger partial charge in [-0.15, -0.1) is 0 Å². The molecule has 0 aliphatic rings. The van der Waals surface area contributed by atoms with Gasteiger partial charge in [0.1, 0.15) is 23.2 Å². The van der Waals surface area contributed by atoms with Crippen molar-refractivity contribution in [3.63, 3.8) is 0 Å². The van der Waals surface area contributed by atoms with Gasteiger partial charge in [-0.2, -0.15) is 0 Å². The number of nitrogen functional groups attached to an aromatic ring is 1. The van der Waals surface area contributed by atoms with Crippen LogP contribution in [-0.2, 0) is 0 Å². The summed E-state index contributed by atoms with van der Waals surface area (Å²) in [5.41, 5.74) is 5.76. The molecule has 3 N–H and O–H groups in total. The lowest BCUT2D eigenvalue weighted by Crippen LogP contribution is -1.99. The summed E-state index contributed by atoms with van der Waals surface area (Å²) in [5, 5.41) is 2.57. The molecule has 2 aromatic rings. The van der Waals surface area contributed by atoms with Gasteiger partial charge in [-0.25, -0.2) is 13.2 Å². The fourth-order valence-corrected chi connectivity index (χ4v) is 1.62. The Kier molecular flexibility index (Phi) is 3.50. The summed E-state index contributed by atoms with van der Waals surface area (Å²) in [5.74, 6) is -1.90. The van der Waals surface area contributed by atoms with Crippen LogP contribution in [0, 0.1) is 17.5 Å². The van der Waals surface area contributed by atoms with Crippen molar-refractivity contribution in [1.29, 1.82) is 0 Å². The van der Waals surface area contributed by atoms with Crippen molar-refractivity contribution in [2.24, 2.45) is 0 Å². The van der Waals surface area contributed by atoms with Crippen LogP contribution in [-0.4, -0.2) is 7.11 Å². The molecule has 0 aliphatic heterocycles. The third kappa shape index (κ3) is 2.90. The summed E-state index contributed by atoms with van der Waals surface area (Å²) in [6.45, 7) is 0. The molecular weight excluding hydrogens is 257 g/mol. The number of ether oxygens (including phenoxy) is 1. The second kappa shape index (κ2) is 5.09. The number of halogens is 3. The van der Waals surface area contributed by atoms with E-state index in [-0.39, 0.29) is 22.8 Å². The zero-order valence-electron chi connectivity index (χ0n) is 10.0. The van der Waals surface area contributed by atoms with Gasteiger partial charge in [0.05, 0.1) is 18.5 Å². The first-order valence-corrected chi connectivity index (χ1v) is 5.35. The number of nitrogens with two attached hydrogens (primary N) is 1. The van der Waals surface area contributed by atoms with E-state index in [9.17, 15) is 13.2 Å². The second-order valence-electron chi connectivity index (χ2n) is 3.86. The fourth-order valence-electron chi connectivity index (χ4n) is 1.62. The molecule has 0 atom stereocenters. The van der Waals surface area contributed by atoms with E-state index in [2.05, 4.69) is 5.32 Å². The number of methoxy groups -OCH3 is 1. The van der Waals surface area contributed by atoms with Crippen LogP contribution in [0.3, 0.4) is 0 Å². The summed E-state index contributed by atoms with van der Waals surface area (Å²) in [4.78, 5) is 0. The van der Waals surface area contributed by atoms with Crippen molar-refractivity contribution in [1.82, 2.24) is 0 Å². The van der Waals surface area contributed by atoms with Crippen LogP contribution in [0.1, 0.15) is 0 Å². The molecule has 0 bridgehead atoms. The van der Waals surface area contributed by atoms with E-state index in [0.29, 0.717) is 0 Å². The minimum absolute atomic E-state index is 0.0102. The Labute approximate surface area is 107 Å². The Morgan fingerprint density at radius 2 is 1.63 bits per heavy atom. The van der Waals surface area contributed by atoms with Crippen LogP contribution >= 0.6 is 0 Å². The van der Waals surface area contributed by atoms with E-state index in [1.807, 2.05) is 0 Å². The molecule has 6 heteroatoms. The highest BCUT2D eigenvalue weighted by Crippen LogP contribution is 2.30. The molecular formula is C13H11F3N2O. The largest absolute Gasteiger partial charge is 0.495 e. The maximum Gasteiger partial charge on any atom is 0.148 e. The zero-order valence-corrected chi connectivity index (χ0v) is 10.0. The normalized spacial score (nSPS) is 10.3. The Balaban J connectivity index is 2.37. The standard InChI is InChI=1S/C13H11F3N2O/c1-19-13-6-12(10(16)5-11(13)17)18-9-3-7(14)2-8(15)4-9/h2-6,18H,17H2,1H3. The number of hydrogen-bond donors (Lipinski definition) is 2. The lowest BCUT2D eigenvalue weighted by molar-refractivity contribution is 0.416. The Morgan fingerprint density at radius 1 is 1.00 bits per heavy atom. The van der Waals surface area contributed by atoms with Crippen LogP contribution in [0.25, 0.3) is 0 Å². The SMILES string of the molecule is COc1cc(Nc2cc(F)cc(F)c2)c(F)cc1N. The molecule has 0 radical (unpaired) electrons. The maximum absolute atomic E-state index is 13.7. The highest BCUT2D eigenvalue weighted by Gasteiger charge is 2.09. The van der Waals surface area contributed by atoms with Gasteiger partial charge in [0, 0.05) is 23.9 Å². The molecule has 0 spiro atoms. The number of nitrogens with one attached hydrogen (secondary N) is 1. The Morgan fingerprint density at radius 3 is 2.21 bits per heavy atom. The van der Waals surface area contributed by atoms with Crippen molar-refractivity contribution in [2.75, 3.05) is 18.2 Å². The number of hydrogen-bond acceptors (Lipinski definition) is 3. The van der Waals surface area contributed by atoms with Gasteiger partial charge >= 0.3 is 0 Å². The lowest BCUT2D eigenvalue weighted by Gasteiger charge is -2.11. The minimum Gasteiger partial charge on any atom is -0.495 e. The quantitative estimate of drug-likeness (QED) is 0.838. The van der Waals surface area contributed by atoms with Gasteiger partial charge in [0.25, 0.3) is 0 Å². The number of anilines is 3. The number of rotatable bonds is 3. The third-order valence-electron chi connectivity index (χ3n) is 2.46. The van der Waals surface area contributed by atoms with E-state index in [4.69, 9.17) is 10.5 Å². The second-order valence-corrected chi connectivity index (χ2v) is 3.86. The highest BCUT2D eigenvalue weighted by atomic mass is 19.1. The van der Waals surface area contributed by atoms with Crippen LogP contribution < -0.4 is 15.8 Å². The molecule has 2 rings (SSSR count). The lowest BCUT2D eigenvalue weighted by atomic mass is 10.2. The number of benzene rings is 2. The molecule has 0 amide bonds. The minimum atomic E-state index is -0.759. The van der Waals surface area contributed by atoms with Crippen LogP contribution in [0.5, 0.6) is 5.75 Å². The first-order chi connectivity index (χ1) is 8.99. The van der Waals surface area contributed by atoms with Gasteiger partial charge < -0.3 is 15.8 Å². The van der Waals surface area contributed by atoms with Gasteiger partial charge in [0.2, 0.25) is 0 Å². The van der Waals surface area contributed by atoms with Crippen LogP contribution in [0.2, 0.25) is 0 Å². The molecule has 0 aromatic heterocycles.